The lowest BCUT2D eigenvalue weighted by Crippen LogP contribution is -2.04. The molecule has 2 rings (SSSR count). The van der Waals surface area contributed by atoms with Gasteiger partial charge in [0.05, 0.1) is 13.5 Å². The Hall–Kier alpha value is -2.14. The molecular formula is C13H11ClN2O3. The van der Waals surface area contributed by atoms with E-state index in [4.69, 9.17) is 16.3 Å². The summed E-state index contributed by atoms with van der Waals surface area (Å²) in [6, 6.07) is 8.67. The summed E-state index contributed by atoms with van der Waals surface area (Å²) in [6.45, 7) is 0. The minimum atomic E-state index is -0.281. The number of halogens is 1. The lowest BCUT2D eigenvalue weighted by atomic mass is 10.1. The fourth-order valence-electron chi connectivity index (χ4n) is 1.41. The van der Waals surface area contributed by atoms with E-state index in [-0.39, 0.29) is 17.7 Å². The maximum atomic E-state index is 11.1. The lowest BCUT2D eigenvalue weighted by Gasteiger charge is -2.05. The standard InChI is InChI=1S/C13H11ClN2O3/c1-18-12(17)8-9-2-4-10(5-3-9)19-11-6-7-15-13(14)16-11/h2-7H,8H2,1H3. The molecule has 0 atom stereocenters. The largest absolute Gasteiger partial charge is 0.469 e. The fourth-order valence-corrected chi connectivity index (χ4v) is 1.55. The highest BCUT2D eigenvalue weighted by Gasteiger charge is 2.04. The van der Waals surface area contributed by atoms with Gasteiger partial charge in [-0.1, -0.05) is 12.1 Å². The highest BCUT2D eigenvalue weighted by Crippen LogP contribution is 2.20. The Morgan fingerprint density at radius 1 is 1.26 bits per heavy atom. The highest BCUT2D eigenvalue weighted by atomic mass is 35.5. The average Bonchev–Trinajstić information content (AvgIpc) is 2.41. The molecule has 98 valence electrons. The Kier molecular flexibility index (Phi) is 4.30. The summed E-state index contributed by atoms with van der Waals surface area (Å²) in [6.07, 6.45) is 1.74. The predicted octanol–water partition coefficient (Wildman–Crippen LogP) is 2.64. The third-order valence-corrected chi connectivity index (χ3v) is 2.50. The van der Waals surface area contributed by atoms with Gasteiger partial charge in [-0.05, 0) is 29.3 Å². The molecule has 0 N–H and O–H groups in total. The van der Waals surface area contributed by atoms with E-state index in [9.17, 15) is 4.79 Å². The molecule has 0 aliphatic heterocycles. The first-order valence-corrected chi connectivity index (χ1v) is 5.87. The number of methoxy groups -OCH3 is 1. The van der Waals surface area contributed by atoms with Crippen molar-refractivity contribution in [2.45, 2.75) is 6.42 Å². The summed E-state index contributed by atoms with van der Waals surface area (Å²) in [5.74, 6) is 0.681. The summed E-state index contributed by atoms with van der Waals surface area (Å²) in [7, 11) is 1.36. The maximum absolute atomic E-state index is 11.1. The van der Waals surface area contributed by atoms with Gasteiger partial charge in [0.1, 0.15) is 5.75 Å². The summed E-state index contributed by atoms with van der Waals surface area (Å²) in [5, 5.41) is 0.125. The summed E-state index contributed by atoms with van der Waals surface area (Å²) in [4.78, 5) is 18.8. The summed E-state index contributed by atoms with van der Waals surface area (Å²) in [5.41, 5.74) is 0.847. The van der Waals surface area contributed by atoms with Crippen molar-refractivity contribution in [1.82, 2.24) is 9.97 Å². The third kappa shape index (κ3) is 3.93. The molecule has 0 aliphatic carbocycles. The van der Waals surface area contributed by atoms with Crippen LogP contribution < -0.4 is 4.74 Å². The molecular weight excluding hydrogens is 268 g/mol. The van der Waals surface area contributed by atoms with E-state index in [2.05, 4.69) is 14.7 Å². The van der Waals surface area contributed by atoms with E-state index in [1.165, 1.54) is 13.3 Å². The van der Waals surface area contributed by atoms with Crippen LogP contribution in [-0.4, -0.2) is 23.0 Å². The fraction of sp³-hybridized carbons (Fsp3) is 0.154. The van der Waals surface area contributed by atoms with Gasteiger partial charge in [-0.25, -0.2) is 4.98 Å². The molecule has 5 nitrogen and oxygen atoms in total. The van der Waals surface area contributed by atoms with Crippen LogP contribution in [0.5, 0.6) is 11.6 Å². The van der Waals surface area contributed by atoms with Gasteiger partial charge in [-0.2, -0.15) is 4.98 Å². The Morgan fingerprint density at radius 3 is 2.63 bits per heavy atom. The van der Waals surface area contributed by atoms with Crippen molar-refractivity contribution in [3.8, 4) is 11.6 Å². The quantitative estimate of drug-likeness (QED) is 0.635. The van der Waals surface area contributed by atoms with E-state index in [0.717, 1.165) is 5.56 Å². The van der Waals surface area contributed by atoms with Gasteiger partial charge in [0.25, 0.3) is 0 Å². The Balaban J connectivity index is 2.04. The first-order valence-electron chi connectivity index (χ1n) is 5.49. The second-order valence-corrected chi connectivity index (χ2v) is 4.00. The number of esters is 1. The highest BCUT2D eigenvalue weighted by molar-refractivity contribution is 6.28. The van der Waals surface area contributed by atoms with Crippen molar-refractivity contribution >= 4 is 17.6 Å². The van der Waals surface area contributed by atoms with Crippen LogP contribution in [0.2, 0.25) is 5.28 Å². The van der Waals surface area contributed by atoms with Gasteiger partial charge in [0, 0.05) is 12.3 Å². The minimum absolute atomic E-state index is 0.125. The molecule has 1 aromatic heterocycles. The Morgan fingerprint density at radius 2 is 2.00 bits per heavy atom. The molecule has 0 aliphatic rings. The van der Waals surface area contributed by atoms with Crippen LogP contribution in [0.1, 0.15) is 5.56 Å². The molecule has 0 saturated heterocycles. The molecule has 0 unspecified atom stereocenters. The maximum Gasteiger partial charge on any atom is 0.309 e. The van der Waals surface area contributed by atoms with Gasteiger partial charge in [-0.15, -0.1) is 0 Å². The second-order valence-electron chi connectivity index (χ2n) is 3.66. The number of aromatic nitrogens is 2. The number of carbonyl (C=O) groups is 1. The normalized spacial score (nSPS) is 10.0. The summed E-state index contributed by atoms with van der Waals surface area (Å²) >= 11 is 5.66. The van der Waals surface area contributed by atoms with Crippen molar-refractivity contribution in [2.75, 3.05) is 7.11 Å². The lowest BCUT2D eigenvalue weighted by molar-refractivity contribution is -0.139. The van der Waals surface area contributed by atoms with Crippen LogP contribution in [0, 0.1) is 0 Å². The van der Waals surface area contributed by atoms with Crippen LogP contribution in [0.4, 0.5) is 0 Å². The van der Waals surface area contributed by atoms with Crippen LogP contribution in [-0.2, 0) is 16.0 Å². The van der Waals surface area contributed by atoms with Gasteiger partial charge >= 0.3 is 5.97 Å². The van der Waals surface area contributed by atoms with Crippen LogP contribution in [0.3, 0.4) is 0 Å². The zero-order chi connectivity index (χ0) is 13.7. The number of hydrogen-bond donors (Lipinski definition) is 0. The number of nitrogens with zero attached hydrogens (tertiary/aromatic N) is 2. The molecule has 0 radical (unpaired) electrons. The number of carbonyl (C=O) groups excluding carboxylic acids is 1. The molecule has 0 fully saturated rings. The predicted molar refractivity (Wildman–Crippen MR) is 69.3 cm³/mol. The van der Waals surface area contributed by atoms with Crippen LogP contribution in [0.25, 0.3) is 0 Å². The number of rotatable bonds is 4. The van der Waals surface area contributed by atoms with Crippen LogP contribution >= 0.6 is 11.6 Å². The second kappa shape index (κ2) is 6.15. The minimum Gasteiger partial charge on any atom is -0.469 e. The van der Waals surface area contributed by atoms with Crippen molar-refractivity contribution in [2.24, 2.45) is 0 Å². The van der Waals surface area contributed by atoms with E-state index >= 15 is 0 Å². The number of ether oxygens (including phenoxy) is 2. The molecule has 0 bridgehead atoms. The van der Waals surface area contributed by atoms with Gasteiger partial charge in [0.2, 0.25) is 11.2 Å². The number of benzene rings is 1. The van der Waals surface area contributed by atoms with E-state index in [1.807, 2.05) is 0 Å². The van der Waals surface area contributed by atoms with E-state index < -0.39 is 0 Å². The SMILES string of the molecule is COC(=O)Cc1ccc(Oc2ccnc(Cl)n2)cc1. The molecule has 1 heterocycles. The van der Waals surface area contributed by atoms with Gasteiger partial charge in [-0.3, -0.25) is 4.79 Å². The Bertz CT molecular complexity index is 572. The molecule has 6 heteroatoms. The van der Waals surface area contributed by atoms with Crippen molar-refractivity contribution < 1.29 is 14.3 Å². The molecule has 1 aromatic carbocycles. The van der Waals surface area contributed by atoms with E-state index in [0.29, 0.717) is 11.6 Å². The van der Waals surface area contributed by atoms with Crippen molar-refractivity contribution in [3.05, 3.63) is 47.4 Å². The zero-order valence-electron chi connectivity index (χ0n) is 10.2. The van der Waals surface area contributed by atoms with E-state index in [1.54, 1.807) is 30.3 Å². The molecule has 0 saturated carbocycles. The topological polar surface area (TPSA) is 61.3 Å². The third-order valence-electron chi connectivity index (χ3n) is 2.32. The molecule has 0 amide bonds. The molecule has 2 aromatic rings. The zero-order valence-corrected chi connectivity index (χ0v) is 10.9. The Labute approximate surface area is 115 Å². The molecule has 19 heavy (non-hydrogen) atoms. The van der Waals surface area contributed by atoms with Crippen molar-refractivity contribution in [3.63, 3.8) is 0 Å². The molecule has 0 spiro atoms. The first kappa shape index (κ1) is 13.3. The van der Waals surface area contributed by atoms with Gasteiger partial charge in [0.15, 0.2) is 0 Å². The monoisotopic (exact) mass is 278 g/mol. The smallest absolute Gasteiger partial charge is 0.309 e. The average molecular weight is 279 g/mol. The first-order chi connectivity index (χ1) is 9.17. The van der Waals surface area contributed by atoms with Crippen LogP contribution in [0.15, 0.2) is 36.5 Å². The number of hydrogen-bond acceptors (Lipinski definition) is 5. The van der Waals surface area contributed by atoms with Crippen molar-refractivity contribution in [1.29, 1.82) is 0 Å². The summed E-state index contributed by atoms with van der Waals surface area (Å²) < 4.78 is 10.1. The van der Waals surface area contributed by atoms with Gasteiger partial charge < -0.3 is 9.47 Å².